The summed E-state index contributed by atoms with van der Waals surface area (Å²) in [5.74, 6) is 1.50. The highest BCUT2D eigenvalue weighted by molar-refractivity contribution is 5.78. The van der Waals surface area contributed by atoms with Crippen molar-refractivity contribution >= 4 is 11.7 Å². The number of aromatic nitrogens is 2. The Kier molecular flexibility index (Phi) is 6.51. The molecule has 0 aliphatic carbocycles. The van der Waals surface area contributed by atoms with Crippen LogP contribution in [0.3, 0.4) is 0 Å². The smallest absolute Gasteiger partial charge is 0.260 e. The number of rotatable bonds is 6. The van der Waals surface area contributed by atoms with Crippen LogP contribution in [0.5, 0.6) is 11.5 Å². The summed E-state index contributed by atoms with van der Waals surface area (Å²) in [5.41, 5.74) is 9.13. The highest BCUT2D eigenvalue weighted by atomic mass is 16.5. The zero-order valence-electron chi connectivity index (χ0n) is 18.2. The van der Waals surface area contributed by atoms with E-state index in [2.05, 4.69) is 4.98 Å². The number of ether oxygens (including phenoxy) is 3. The standard InChI is InChI=1S/C24H26N4O4/c1-16-6-8-20(21(12-16)30-2)32-15-24(29)28-10-11-31-22(14-28)19-5-3-4-18(27-19)17-7-9-23(25)26-13-17/h3-9,12-13,22H,10-11,14-15H2,1-2H3,(H2,25,26)/t22-/m0/s1. The van der Waals surface area contributed by atoms with Crippen LogP contribution in [-0.2, 0) is 9.53 Å². The molecule has 8 heteroatoms. The number of carbonyl (C=O) groups is 1. The third-order valence-corrected chi connectivity index (χ3v) is 5.27. The highest BCUT2D eigenvalue weighted by Gasteiger charge is 2.27. The molecule has 2 N–H and O–H groups in total. The van der Waals surface area contributed by atoms with E-state index >= 15 is 0 Å². The first-order valence-electron chi connectivity index (χ1n) is 10.4. The van der Waals surface area contributed by atoms with E-state index in [-0.39, 0.29) is 18.6 Å². The third kappa shape index (κ3) is 4.97. The van der Waals surface area contributed by atoms with Crippen molar-refractivity contribution in [1.29, 1.82) is 0 Å². The fourth-order valence-corrected chi connectivity index (χ4v) is 3.53. The van der Waals surface area contributed by atoms with Gasteiger partial charge in [-0.05, 0) is 48.9 Å². The van der Waals surface area contributed by atoms with Crippen LogP contribution in [0.25, 0.3) is 11.3 Å². The van der Waals surface area contributed by atoms with Crippen molar-refractivity contribution in [2.75, 3.05) is 39.1 Å². The fourth-order valence-electron chi connectivity index (χ4n) is 3.53. The van der Waals surface area contributed by atoms with Crippen LogP contribution in [-0.4, -0.2) is 54.2 Å². The van der Waals surface area contributed by atoms with E-state index in [1.165, 1.54) is 0 Å². The Morgan fingerprint density at radius 1 is 1.22 bits per heavy atom. The Bertz CT molecular complexity index is 1090. The summed E-state index contributed by atoms with van der Waals surface area (Å²) in [6.07, 6.45) is 1.37. The Balaban J connectivity index is 1.41. The number of carbonyl (C=O) groups excluding carboxylic acids is 1. The Morgan fingerprint density at radius 2 is 2.09 bits per heavy atom. The molecule has 1 saturated heterocycles. The molecule has 1 aliphatic heterocycles. The molecule has 1 aliphatic rings. The Morgan fingerprint density at radius 3 is 2.88 bits per heavy atom. The lowest BCUT2D eigenvalue weighted by atomic mass is 10.1. The van der Waals surface area contributed by atoms with Gasteiger partial charge >= 0.3 is 0 Å². The van der Waals surface area contributed by atoms with Crippen molar-refractivity contribution in [1.82, 2.24) is 14.9 Å². The minimum Gasteiger partial charge on any atom is -0.493 e. The van der Waals surface area contributed by atoms with Gasteiger partial charge in [-0.2, -0.15) is 0 Å². The van der Waals surface area contributed by atoms with Gasteiger partial charge in [-0.3, -0.25) is 4.79 Å². The summed E-state index contributed by atoms with van der Waals surface area (Å²) in [6, 6.07) is 15.0. The SMILES string of the molecule is COc1cc(C)ccc1OCC(=O)N1CCO[C@H](c2cccc(-c3ccc(N)nc3)n2)C1. The molecule has 0 saturated carbocycles. The number of pyridine rings is 2. The second-order valence-corrected chi connectivity index (χ2v) is 7.56. The van der Waals surface area contributed by atoms with Gasteiger partial charge in [-0.25, -0.2) is 9.97 Å². The molecule has 32 heavy (non-hydrogen) atoms. The number of benzene rings is 1. The number of nitrogen functional groups attached to an aromatic ring is 1. The number of amides is 1. The number of hydrogen-bond acceptors (Lipinski definition) is 7. The molecule has 1 aromatic carbocycles. The van der Waals surface area contributed by atoms with Crippen molar-refractivity contribution in [2.24, 2.45) is 0 Å². The van der Waals surface area contributed by atoms with Gasteiger partial charge < -0.3 is 24.8 Å². The maximum atomic E-state index is 12.8. The second-order valence-electron chi connectivity index (χ2n) is 7.56. The topological polar surface area (TPSA) is 99.8 Å². The molecule has 1 amide bonds. The van der Waals surface area contributed by atoms with Gasteiger partial charge in [0.15, 0.2) is 18.1 Å². The van der Waals surface area contributed by atoms with E-state index in [0.29, 0.717) is 37.0 Å². The predicted molar refractivity (Wildman–Crippen MR) is 120 cm³/mol. The van der Waals surface area contributed by atoms with E-state index in [0.717, 1.165) is 22.5 Å². The summed E-state index contributed by atoms with van der Waals surface area (Å²) < 4.78 is 17.0. The van der Waals surface area contributed by atoms with E-state index in [1.54, 1.807) is 24.3 Å². The molecule has 166 valence electrons. The first kappa shape index (κ1) is 21.6. The average Bonchev–Trinajstić information content (AvgIpc) is 2.83. The van der Waals surface area contributed by atoms with Gasteiger partial charge in [0.05, 0.1) is 31.6 Å². The molecule has 3 aromatic rings. The van der Waals surface area contributed by atoms with Crippen LogP contribution < -0.4 is 15.2 Å². The van der Waals surface area contributed by atoms with Crippen LogP contribution >= 0.6 is 0 Å². The maximum Gasteiger partial charge on any atom is 0.260 e. The lowest BCUT2D eigenvalue weighted by Crippen LogP contribution is -2.44. The normalized spacial score (nSPS) is 15.9. The number of aryl methyl sites for hydroxylation is 1. The third-order valence-electron chi connectivity index (χ3n) is 5.27. The van der Waals surface area contributed by atoms with Crippen molar-refractivity contribution in [3.8, 4) is 22.8 Å². The molecule has 4 rings (SSSR count). The lowest BCUT2D eigenvalue weighted by molar-refractivity contribution is -0.141. The van der Waals surface area contributed by atoms with E-state index in [1.807, 2.05) is 49.4 Å². The van der Waals surface area contributed by atoms with Crippen molar-refractivity contribution in [3.05, 3.63) is 66.0 Å². The molecular weight excluding hydrogens is 408 g/mol. The molecule has 1 atom stereocenters. The van der Waals surface area contributed by atoms with Crippen LogP contribution in [0, 0.1) is 6.92 Å². The minimum absolute atomic E-state index is 0.0727. The van der Waals surface area contributed by atoms with E-state index in [9.17, 15) is 4.79 Å². The zero-order valence-corrected chi connectivity index (χ0v) is 18.2. The van der Waals surface area contributed by atoms with Crippen LogP contribution in [0.2, 0.25) is 0 Å². The molecule has 3 heterocycles. The first-order chi connectivity index (χ1) is 15.5. The lowest BCUT2D eigenvalue weighted by Gasteiger charge is -2.32. The monoisotopic (exact) mass is 434 g/mol. The van der Waals surface area contributed by atoms with Gasteiger partial charge in [0.2, 0.25) is 0 Å². The van der Waals surface area contributed by atoms with Crippen molar-refractivity contribution in [3.63, 3.8) is 0 Å². The summed E-state index contributed by atoms with van der Waals surface area (Å²) in [7, 11) is 1.58. The average molecular weight is 434 g/mol. The zero-order chi connectivity index (χ0) is 22.5. The van der Waals surface area contributed by atoms with E-state index < -0.39 is 0 Å². The summed E-state index contributed by atoms with van der Waals surface area (Å²) >= 11 is 0. The minimum atomic E-state index is -0.316. The number of nitrogens with two attached hydrogens (primary N) is 1. The summed E-state index contributed by atoms with van der Waals surface area (Å²) in [6.45, 7) is 3.24. The summed E-state index contributed by atoms with van der Waals surface area (Å²) in [5, 5.41) is 0. The molecule has 1 fully saturated rings. The molecule has 2 aromatic heterocycles. The van der Waals surface area contributed by atoms with Crippen molar-refractivity contribution in [2.45, 2.75) is 13.0 Å². The van der Waals surface area contributed by atoms with Gasteiger partial charge in [-0.15, -0.1) is 0 Å². The Labute approximate surface area is 187 Å². The Hall–Kier alpha value is -3.65. The molecule has 0 radical (unpaired) electrons. The second kappa shape index (κ2) is 9.65. The fraction of sp³-hybridized carbons (Fsp3) is 0.292. The number of hydrogen-bond donors (Lipinski definition) is 1. The number of methoxy groups -OCH3 is 1. The number of morpholine rings is 1. The molecule has 0 unspecified atom stereocenters. The predicted octanol–water partition coefficient (Wildman–Crippen LogP) is 3.02. The van der Waals surface area contributed by atoms with Gasteiger partial charge in [0, 0.05) is 18.3 Å². The van der Waals surface area contributed by atoms with Gasteiger partial charge in [-0.1, -0.05) is 12.1 Å². The molecule has 0 bridgehead atoms. The molecule has 8 nitrogen and oxygen atoms in total. The number of anilines is 1. The van der Waals surface area contributed by atoms with Crippen LogP contribution in [0.4, 0.5) is 5.82 Å². The van der Waals surface area contributed by atoms with Crippen LogP contribution in [0.15, 0.2) is 54.7 Å². The van der Waals surface area contributed by atoms with E-state index in [4.69, 9.17) is 24.9 Å². The number of nitrogens with zero attached hydrogens (tertiary/aromatic N) is 3. The molecular formula is C24H26N4O4. The highest BCUT2D eigenvalue weighted by Crippen LogP contribution is 2.28. The quantitative estimate of drug-likeness (QED) is 0.636. The maximum absolute atomic E-state index is 12.8. The molecule has 0 spiro atoms. The van der Waals surface area contributed by atoms with Gasteiger partial charge in [0.25, 0.3) is 5.91 Å². The first-order valence-corrected chi connectivity index (χ1v) is 10.4. The van der Waals surface area contributed by atoms with Crippen molar-refractivity contribution < 1.29 is 19.0 Å². The van der Waals surface area contributed by atoms with Gasteiger partial charge in [0.1, 0.15) is 11.9 Å². The largest absolute Gasteiger partial charge is 0.493 e. The van der Waals surface area contributed by atoms with Crippen LogP contribution in [0.1, 0.15) is 17.4 Å². The summed E-state index contributed by atoms with van der Waals surface area (Å²) in [4.78, 5) is 23.4.